The van der Waals surface area contributed by atoms with Crippen molar-refractivity contribution in [2.45, 2.75) is 23.4 Å². The second kappa shape index (κ2) is 9.80. The minimum Gasteiger partial charge on any atom is -0.332 e. The average Bonchev–Trinajstić information content (AvgIpc) is 3.22. The highest BCUT2D eigenvalue weighted by molar-refractivity contribution is 7.99. The van der Waals surface area contributed by atoms with Gasteiger partial charge in [-0.1, -0.05) is 78.0 Å². The number of aryl methyl sites for hydroxylation is 1. The number of carbonyl (C=O) groups excluding carboxylic acids is 1. The van der Waals surface area contributed by atoms with Crippen molar-refractivity contribution in [3.8, 4) is 11.3 Å². The number of carbonyl (C=O) groups is 1. The Morgan fingerprint density at radius 1 is 0.882 bits per heavy atom. The quantitative estimate of drug-likeness (QED) is 0.314. The minimum atomic E-state index is -0.286. The van der Waals surface area contributed by atoms with Gasteiger partial charge in [0.1, 0.15) is 5.03 Å². The maximum atomic E-state index is 12.6. The predicted molar refractivity (Wildman–Crippen MR) is 136 cm³/mol. The number of benzene rings is 3. The number of rotatable bonds is 6. The Labute approximate surface area is 202 Å². The maximum absolute atomic E-state index is 12.6. The lowest BCUT2D eigenvalue weighted by Gasteiger charge is -2.09. The summed E-state index contributed by atoms with van der Waals surface area (Å²) in [5.74, 6) is 0. The van der Waals surface area contributed by atoms with Crippen LogP contribution >= 0.6 is 11.8 Å². The van der Waals surface area contributed by atoms with Gasteiger partial charge in [-0.2, -0.15) is 5.10 Å². The van der Waals surface area contributed by atoms with E-state index in [0.29, 0.717) is 0 Å². The number of anilines is 1. The molecule has 5 rings (SSSR count). The van der Waals surface area contributed by atoms with E-state index in [-0.39, 0.29) is 12.6 Å². The first-order chi connectivity index (χ1) is 16.7. The van der Waals surface area contributed by atoms with Gasteiger partial charge in [0.15, 0.2) is 5.65 Å². The summed E-state index contributed by atoms with van der Waals surface area (Å²) in [7, 11) is 0. The van der Waals surface area contributed by atoms with Gasteiger partial charge in [0.05, 0.1) is 17.9 Å². The third-order valence-corrected chi connectivity index (χ3v) is 6.22. The molecule has 0 spiro atoms. The molecule has 34 heavy (non-hydrogen) atoms. The Morgan fingerprint density at radius 3 is 2.32 bits per heavy atom. The Kier molecular flexibility index (Phi) is 6.27. The van der Waals surface area contributed by atoms with Crippen molar-refractivity contribution in [1.82, 2.24) is 19.9 Å². The van der Waals surface area contributed by atoms with Gasteiger partial charge in [-0.3, -0.25) is 0 Å². The SMILES string of the molecule is Cc1ccc(-c2nc3ccc(Sc4ccccc4)nn3c2CNC(=O)Nc2ccccc2)cc1. The molecule has 3 aromatic carbocycles. The molecule has 7 heteroatoms. The smallest absolute Gasteiger partial charge is 0.319 e. The fourth-order valence-electron chi connectivity index (χ4n) is 3.59. The van der Waals surface area contributed by atoms with E-state index in [2.05, 4.69) is 41.8 Å². The van der Waals surface area contributed by atoms with E-state index in [1.54, 1.807) is 11.8 Å². The molecule has 2 aromatic heterocycles. The molecule has 0 aliphatic rings. The van der Waals surface area contributed by atoms with Crippen molar-refractivity contribution in [3.63, 3.8) is 0 Å². The summed E-state index contributed by atoms with van der Waals surface area (Å²) in [5, 5.41) is 11.5. The Balaban J connectivity index is 1.47. The van der Waals surface area contributed by atoms with Crippen LogP contribution < -0.4 is 10.6 Å². The Bertz CT molecular complexity index is 1420. The number of para-hydroxylation sites is 1. The number of hydrogen-bond acceptors (Lipinski definition) is 4. The molecule has 0 atom stereocenters. The van der Waals surface area contributed by atoms with E-state index in [0.717, 1.165) is 38.2 Å². The summed E-state index contributed by atoms with van der Waals surface area (Å²) in [6, 6.07) is 31.3. The van der Waals surface area contributed by atoms with Gasteiger partial charge < -0.3 is 10.6 Å². The highest BCUT2D eigenvalue weighted by Gasteiger charge is 2.17. The highest BCUT2D eigenvalue weighted by atomic mass is 32.2. The zero-order chi connectivity index (χ0) is 23.3. The van der Waals surface area contributed by atoms with Crippen LogP contribution in [0.4, 0.5) is 10.5 Å². The van der Waals surface area contributed by atoms with E-state index in [4.69, 9.17) is 10.1 Å². The molecule has 0 unspecified atom stereocenters. The Hall–Kier alpha value is -4.10. The van der Waals surface area contributed by atoms with E-state index in [9.17, 15) is 4.79 Å². The summed E-state index contributed by atoms with van der Waals surface area (Å²) in [6.45, 7) is 2.33. The van der Waals surface area contributed by atoms with Gasteiger partial charge in [-0.05, 0) is 43.3 Å². The molecule has 2 N–H and O–H groups in total. The van der Waals surface area contributed by atoms with Crippen LogP contribution in [0, 0.1) is 6.92 Å². The summed E-state index contributed by atoms with van der Waals surface area (Å²) in [4.78, 5) is 18.5. The number of fused-ring (bicyclic) bond motifs is 1. The topological polar surface area (TPSA) is 71.3 Å². The molecule has 168 valence electrons. The van der Waals surface area contributed by atoms with Crippen molar-refractivity contribution in [2.75, 3.05) is 5.32 Å². The monoisotopic (exact) mass is 465 g/mol. The van der Waals surface area contributed by atoms with Crippen LogP contribution in [0.25, 0.3) is 16.9 Å². The molecular formula is C27H23N5OS. The molecule has 5 aromatic rings. The lowest BCUT2D eigenvalue weighted by Crippen LogP contribution is -2.29. The Morgan fingerprint density at radius 2 is 1.59 bits per heavy atom. The normalized spacial score (nSPS) is 10.9. The number of hydrogen-bond donors (Lipinski definition) is 2. The number of imidazole rings is 1. The van der Waals surface area contributed by atoms with Crippen molar-refractivity contribution in [1.29, 1.82) is 0 Å². The van der Waals surface area contributed by atoms with Crippen LogP contribution in [0.5, 0.6) is 0 Å². The fourth-order valence-corrected chi connectivity index (χ4v) is 4.38. The van der Waals surface area contributed by atoms with Crippen molar-refractivity contribution < 1.29 is 4.79 Å². The van der Waals surface area contributed by atoms with Crippen molar-refractivity contribution in [3.05, 3.63) is 108 Å². The average molecular weight is 466 g/mol. The summed E-state index contributed by atoms with van der Waals surface area (Å²) in [5.41, 5.74) is 5.24. The molecule has 0 radical (unpaired) electrons. The fraction of sp³-hybridized carbons (Fsp3) is 0.0741. The minimum absolute atomic E-state index is 0.273. The van der Waals surface area contributed by atoms with Gasteiger partial charge in [-0.15, -0.1) is 0 Å². The molecule has 6 nitrogen and oxygen atoms in total. The number of urea groups is 1. The molecule has 0 fully saturated rings. The molecule has 0 aliphatic carbocycles. The highest BCUT2D eigenvalue weighted by Crippen LogP contribution is 2.28. The van der Waals surface area contributed by atoms with Crippen LogP contribution in [-0.4, -0.2) is 20.6 Å². The largest absolute Gasteiger partial charge is 0.332 e. The van der Waals surface area contributed by atoms with E-state index in [1.807, 2.05) is 77.3 Å². The van der Waals surface area contributed by atoms with Gasteiger partial charge in [0, 0.05) is 16.1 Å². The maximum Gasteiger partial charge on any atom is 0.319 e. The van der Waals surface area contributed by atoms with Gasteiger partial charge >= 0.3 is 6.03 Å². The number of nitrogens with one attached hydrogen (secondary N) is 2. The summed E-state index contributed by atoms with van der Waals surface area (Å²) in [6.07, 6.45) is 0. The van der Waals surface area contributed by atoms with Crippen LogP contribution in [0.15, 0.2) is 107 Å². The number of aromatic nitrogens is 3. The third-order valence-electron chi connectivity index (χ3n) is 5.28. The predicted octanol–water partition coefficient (Wildman–Crippen LogP) is 6.18. The van der Waals surface area contributed by atoms with Gasteiger partial charge in [0.2, 0.25) is 0 Å². The zero-order valence-corrected chi connectivity index (χ0v) is 19.4. The van der Waals surface area contributed by atoms with E-state index >= 15 is 0 Å². The lowest BCUT2D eigenvalue weighted by atomic mass is 10.1. The molecular weight excluding hydrogens is 442 g/mol. The first-order valence-corrected chi connectivity index (χ1v) is 11.8. The van der Waals surface area contributed by atoms with Crippen LogP contribution in [0.1, 0.15) is 11.3 Å². The zero-order valence-electron chi connectivity index (χ0n) is 18.6. The van der Waals surface area contributed by atoms with Gasteiger partial charge in [-0.25, -0.2) is 14.3 Å². The number of amides is 2. The van der Waals surface area contributed by atoms with E-state index < -0.39 is 0 Å². The first-order valence-electron chi connectivity index (χ1n) is 10.9. The second-order valence-corrected chi connectivity index (χ2v) is 8.90. The van der Waals surface area contributed by atoms with Crippen LogP contribution in [-0.2, 0) is 6.54 Å². The molecule has 0 saturated heterocycles. The molecule has 2 heterocycles. The van der Waals surface area contributed by atoms with Crippen molar-refractivity contribution in [2.24, 2.45) is 0 Å². The lowest BCUT2D eigenvalue weighted by molar-refractivity contribution is 0.251. The second-order valence-electron chi connectivity index (χ2n) is 7.80. The summed E-state index contributed by atoms with van der Waals surface area (Å²) < 4.78 is 1.82. The van der Waals surface area contributed by atoms with Crippen molar-refractivity contribution >= 4 is 29.1 Å². The van der Waals surface area contributed by atoms with Crippen LogP contribution in [0.3, 0.4) is 0 Å². The first kappa shape index (κ1) is 21.7. The standard InChI is InChI=1S/C27H23N5OS/c1-19-12-14-20(15-13-19)26-23(18-28-27(33)29-21-8-4-2-5-9-21)32-24(30-26)16-17-25(31-32)34-22-10-6-3-7-11-22/h2-17H,18H2,1H3,(H2,28,29,33). The number of nitrogens with zero attached hydrogens (tertiary/aromatic N) is 3. The van der Waals surface area contributed by atoms with E-state index in [1.165, 1.54) is 5.56 Å². The molecule has 2 amide bonds. The molecule has 0 saturated carbocycles. The van der Waals surface area contributed by atoms with Gasteiger partial charge in [0.25, 0.3) is 0 Å². The summed E-state index contributed by atoms with van der Waals surface area (Å²) >= 11 is 1.58. The third kappa shape index (κ3) is 4.94. The van der Waals surface area contributed by atoms with Crippen LogP contribution in [0.2, 0.25) is 0 Å². The molecule has 0 bridgehead atoms. The molecule has 0 aliphatic heterocycles.